The maximum atomic E-state index is 5.96. The van der Waals surface area contributed by atoms with Gasteiger partial charge in [0.25, 0.3) is 0 Å². The highest BCUT2D eigenvalue weighted by Crippen LogP contribution is 2.19. The molecule has 0 unspecified atom stereocenters. The Morgan fingerprint density at radius 1 is 1.21 bits per heavy atom. The van der Waals surface area contributed by atoms with Gasteiger partial charge in [0.1, 0.15) is 5.82 Å². The minimum absolute atomic E-state index is 0. The number of nitrogens with one attached hydrogen (secondary N) is 1. The second-order valence-electron chi connectivity index (χ2n) is 7.52. The van der Waals surface area contributed by atoms with Gasteiger partial charge in [-0.05, 0) is 49.8 Å². The standard InChI is InChI=1S/C21H35N5O2.HI/c1-22-21(26-12-7-19(8-13-26)28-15-5-14-27-2)24-17-18-6-9-23-20(16-18)25-10-3-4-11-25;/h6,9,16,19H,3-5,7-8,10-15,17H2,1-2H3,(H,22,24);1H. The Morgan fingerprint density at radius 2 is 1.97 bits per heavy atom. The quantitative estimate of drug-likeness (QED) is 0.248. The molecule has 0 aliphatic carbocycles. The van der Waals surface area contributed by atoms with Crippen molar-refractivity contribution in [1.29, 1.82) is 0 Å². The second-order valence-corrected chi connectivity index (χ2v) is 7.52. The van der Waals surface area contributed by atoms with Gasteiger partial charge in [-0.2, -0.15) is 0 Å². The Bertz CT molecular complexity index is 617. The molecule has 0 atom stereocenters. The summed E-state index contributed by atoms with van der Waals surface area (Å²) in [5, 5.41) is 3.52. The average Bonchev–Trinajstić information content (AvgIpc) is 3.28. The van der Waals surface area contributed by atoms with Gasteiger partial charge < -0.3 is 24.6 Å². The van der Waals surface area contributed by atoms with Crippen molar-refractivity contribution in [3.8, 4) is 0 Å². The van der Waals surface area contributed by atoms with E-state index < -0.39 is 0 Å². The fraction of sp³-hybridized carbons (Fsp3) is 0.714. The Morgan fingerprint density at radius 3 is 2.66 bits per heavy atom. The van der Waals surface area contributed by atoms with E-state index in [0.29, 0.717) is 6.10 Å². The van der Waals surface area contributed by atoms with E-state index in [9.17, 15) is 0 Å². The first kappa shape index (κ1) is 24.1. The number of hydrogen-bond acceptors (Lipinski definition) is 5. The number of anilines is 1. The van der Waals surface area contributed by atoms with Gasteiger partial charge in [0.15, 0.2) is 5.96 Å². The summed E-state index contributed by atoms with van der Waals surface area (Å²) in [6.45, 7) is 6.51. The van der Waals surface area contributed by atoms with E-state index in [1.807, 2.05) is 13.2 Å². The van der Waals surface area contributed by atoms with Gasteiger partial charge in [-0.1, -0.05) is 0 Å². The molecule has 2 fully saturated rings. The number of rotatable bonds is 8. The zero-order chi connectivity index (χ0) is 19.6. The maximum Gasteiger partial charge on any atom is 0.193 e. The number of hydrogen-bond donors (Lipinski definition) is 1. The molecule has 29 heavy (non-hydrogen) atoms. The molecular formula is C21H36IN5O2. The zero-order valence-corrected chi connectivity index (χ0v) is 20.1. The number of aliphatic imine (C=N–C) groups is 1. The summed E-state index contributed by atoms with van der Waals surface area (Å²) >= 11 is 0. The minimum Gasteiger partial charge on any atom is -0.385 e. The predicted molar refractivity (Wildman–Crippen MR) is 128 cm³/mol. The molecule has 3 rings (SSSR count). The van der Waals surface area contributed by atoms with Crippen LogP contribution in [0.5, 0.6) is 0 Å². The maximum absolute atomic E-state index is 5.96. The zero-order valence-electron chi connectivity index (χ0n) is 17.8. The van der Waals surface area contributed by atoms with Crippen LogP contribution in [-0.2, 0) is 16.0 Å². The van der Waals surface area contributed by atoms with E-state index in [2.05, 4.69) is 37.2 Å². The van der Waals surface area contributed by atoms with Crippen LogP contribution in [0.25, 0.3) is 0 Å². The highest BCUT2D eigenvalue weighted by Gasteiger charge is 2.22. The molecule has 1 aromatic rings. The third-order valence-corrected chi connectivity index (χ3v) is 5.49. The van der Waals surface area contributed by atoms with Crippen molar-refractivity contribution in [1.82, 2.24) is 15.2 Å². The van der Waals surface area contributed by atoms with Crippen LogP contribution in [-0.4, -0.2) is 75.5 Å². The van der Waals surface area contributed by atoms with Crippen molar-refractivity contribution in [2.45, 2.75) is 44.8 Å². The van der Waals surface area contributed by atoms with Crippen LogP contribution in [0.4, 0.5) is 5.82 Å². The lowest BCUT2D eigenvalue weighted by atomic mass is 10.1. The molecule has 164 valence electrons. The Kier molecular flexibility index (Phi) is 11.0. The lowest BCUT2D eigenvalue weighted by Crippen LogP contribution is -2.46. The molecule has 0 aromatic carbocycles. The first-order valence-electron chi connectivity index (χ1n) is 10.6. The molecule has 0 saturated carbocycles. The number of methoxy groups -OCH3 is 1. The van der Waals surface area contributed by atoms with Gasteiger partial charge in [-0.15, -0.1) is 24.0 Å². The third kappa shape index (κ3) is 7.57. The van der Waals surface area contributed by atoms with E-state index in [0.717, 1.165) is 77.0 Å². The summed E-state index contributed by atoms with van der Waals surface area (Å²) in [4.78, 5) is 13.7. The first-order chi connectivity index (χ1) is 13.8. The molecule has 3 heterocycles. The SMILES string of the molecule is CN=C(NCc1ccnc(N2CCCC2)c1)N1CCC(OCCCOC)CC1.I. The molecule has 2 saturated heterocycles. The van der Waals surface area contributed by atoms with E-state index >= 15 is 0 Å². The van der Waals surface area contributed by atoms with Crippen molar-refractivity contribution in [2.75, 3.05) is 58.5 Å². The molecule has 8 heteroatoms. The van der Waals surface area contributed by atoms with E-state index in [4.69, 9.17) is 9.47 Å². The molecule has 0 radical (unpaired) electrons. The van der Waals surface area contributed by atoms with Crippen molar-refractivity contribution in [2.24, 2.45) is 4.99 Å². The average molecular weight is 517 g/mol. The summed E-state index contributed by atoms with van der Waals surface area (Å²) < 4.78 is 11.0. The van der Waals surface area contributed by atoms with Crippen molar-refractivity contribution < 1.29 is 9.47 Å². The molecule has 0 amide bonds. The Hall–Kier alpha value is -1.13. The number of pyridine rings is 1. The van der Waals surface area contributed by atoms with Gasteiger partial charge in [-0.25, -0.2) is 4.98 Å². The van der Waals surface area contributed by atoms with Crippen LogP contribution in [0.3, 0.4) is 0 Å². The molecule has 1 aromatic heterocycles. The number of nitrogens with zero attached hydrogens (tertiary/aromatic N) is 4. The predicted octanol–water partition coefficient (Wildman–Crippen LogP) is 2.89. The smallest absolute Gasteiger partial charge is 0.193 e. The molecule has 2 aliphatic rings. The normalized spacial score (nSPS) is 18.1. The van der Waals surface area contributed by atoms with Gasteiger partial charge in [0, 0.05) is 66.3 Å². The second kappa shape index (κ2) is 13.2. The summed E-state index contributed by atoms with van der Waals surface area (Å²) in [5.74, 6) is 2.07. The first-order valence-corrected chi connectivity index (χ1v) is 10.6. The van der Waals surface area contributed by atoms with Crippen LogP contribution in [0.2, 0.25) is 0 Å². The highest BCUT2D eigenvalue weighted by molar-refractivity contribution is 14.0. The molecule has 7 nitrogen and oxygen atoms in total. The lowest BCUT2D eigenvalue weighted by Gasteiger charge is -2.34. The summed E-state index contributed by atoms with van der Waals surface area (Å²) in [7, 11) is 3.59. The Balaban J connectivity index is 0.00000300. The summed E-state index contributed by atoms with van der Waals surface area (Å²) in [6, 6.07) is 4.28. The summed E-state index contributed by atoms with van der Waals surface area (Å²) in [5.41, 5.74) is 1.24. The molecule has 2 aliphatic heterocycles. The van der Waals surface area contributed by atoms with E-state index in [-0.39, 0.29) is 24.0 Å². The molecule has 1 N–H and O–H groups in total. The highest BCUT2D eigenvalue weighted by atomic mass is 127. The minimum atomic E-state index is 0. The fourth-order valence-corrected chi connectivity index (χ4v) is 3.89. The topological polar surface area (TPSA) is 62.2 Å². The summed E-state index contributed by atoms with van der Waals surface area (Å²) in [6.07, 6.45) is 7.86. The number of halogens is 1. The van der Waals surface area contributed by atoms with Crippen LogP contribution in [0, 0.1) is 0 Å². The molecule has 0 spiro atoms. The van der Waals surface area contributed by atoms with E-state index in [1.54, 1.807) is 7.11 Å². The number of likely N-dealkylation sites (tertiary alicyclic amines) is 1. The van der Waals surface area contributed by atoms with Crippen LogP contribution >= 0.6 is 24.0 Å². The number of piperidine rings is 1. The van der Waals surface area contributed by atoms with Crippen molar-refractivity contribution in [3.63, 3.8) is 0 Å². The number of ether oxygens (including phenoxy) is 2. The van der Waals surface area contributed by atoms with Crippen LogP contribution < -0.4 is 10.2 Å². The number of guanidine groups is 1. The molecular weight excluding hydrogens is 481 g/mol. The Labute approximate surface area is 192 Å². The van der Waals surface area contributed by atoms with Gasteiger partial charge in [0.2, 0.25) is 0 Å². The van der Waals surface area contributed by atoms with Gasteiger partial charge in [0.05, 0.1) is 6.10 Å². The van der Waals surface area contributed by atoms with Crippen LogP contribution in [0.1, 0.15) is 37.7 Å². The lowest BCUT2D eigenvalue weighted by molar-refractivity contribution is 0.00989. The van der Waals surface area contributed by atoms with Crippen molar-refractivity contribution in [3.05, 3.63) is 23.9 Å². The van der Waals surface area contributed by atoms with Crippen molar-refractivity contribution >= 4 is 35.8 Å². The largest absolute Gasteiger partial charge is 0.385 e. The molecule has 0 bridgehead atoms. The van der Waals surface area contributed by atoms with E-state index in [1.165, 1.54) is 18.4 Å². The van der Waals surface area contributed by atoms with Gasteiger partial charge >= 0.3 is 0 Å². The number of aromatic nitrogens is 1. The third-order valence-electron chi connectivity index (χ3n) is 5.49. The van der Waals surface area contributed by atoms with Gasteiger partial charge in [-0.3, -0.25) is 4.99 Å². The fourth-order valence-electron chi connectivity index (χ4n) is 3.89. The monoisotopic (exact) mass is 517 g/mol. The van der Waals surface area contributed by atoms with Crippen LogP contribution in [0.15, 0.2) is 23.3 Å².